The predicted molar refractivity (Wildman–Crippen MR) is 150 cm³/mol. The quantitative estimate of drug-likeness (QED) is 0.369. The topological polar surface area (TPSA) is 137 Å². The van der Waals surface area contributed by atoms with E-state index in [4.69, 9.17) is 0 Å². The lowest BCUT2D eigenvalue weighted by Gasteiger charge is -2.28. The molecule has 0 saturated carbocycles. The molecule has 0 spiro atoms. The maximum atomic E-state index is 13.4. The predicted octanol–water partition coefficient (Wildman–Crippen LogP) is 2.34. The lowest BCUT2D eigenvalue weighted by Crippen LogP contribution is -2.50. The van der Waals surface area contributed by atoms with Crippen LogP contribution in [0.2, 0.25) is 0 Å². The third-order valence-electron chi connectivity index (χ3n) is 7.31. The number of carbonyl (C=O) groups excluding carboxylic acids is 1. The van der Waals surface area contributed by atoms with Crippen molar-refractivity contribution in [2.45, 2.75) is 31.3 Å². The molecule has 0 unspecified atom stereocenters. The molecule has 10 heteroatoms. The van der Waals surface area contributed by atoms with Gasteiger partial charge in [-0.3, -0.25) is 9.59 Å². The number of aliphatic carboxylic acids is 1. The standard InChI is InChI=1S/C30H27N5O5/c1-33-16-14-27(36)35(30(33)40)25-12-5-9-21-19(8-4-10-22(21)25)17-23(29(38)39)32-28(37)26-13-6-15-34(26)24-11-3-2-7-20(24)18-31/h2-5,7-12,14,16,23,26H,6,13,15,17H2,1H3,(H,32,37)(H,38,39)/t23-,26-/m0/s1. The minimum Gasteiger partial charge on any atom is -0.480 e. The number of para-hydroxylation sites is 1. The Morgan fingerprint density at radius 1 is 1.02 bits per heavy atom. The van der Waals surface area contributed by atoms with Gasteiger partial charge in [-0.15, -0.1) is 0 Å². The molecule has 1 aliphatic heterocycles. The minimum atomic E-state index is -1.22. The van der Waals surface area contributed by atoms with Crippen molar-refractivity contribution >= 4 is 28.3 Å². The number of carboxylic acid groups (broad SMARTS) is 1. The molecule has 40 heavy (non-hydrogen) atoms. The highest BCUT2D eigenvalue weighted by Crippen LogP contribution is 2.29. The highest BCUT2D eigenvalue weighted by Gasteiger charge is 2.34. The molecule has 2 atom stereocenters. The first kappa shape index (κ1) is 26.4. The van der Waals surface area contributed by atoms with E-state index in [0.29, 0.717) is 46.2 Å². The normalized spacial score (nSPS) is 15.5. The first-order chi connectivity index (χ1) is 19.3. The fraction of sp³-hybridized carbons (Fsp3) is 0.233. The van der Waals surface area contributed by atoms with Gasteiger partial charge in [-0.1, -0.05) is 42.5 Å². The van der Waals surface area contributed by atoms with Gasteiger partial charge < -0.3 is 19.9 Å². The zero-order chi connectivity index (χ0) is 28.4. The molecule has 0 aliphatic carbocycles. The van der Waals surface area contributed by atoms with Crippen molar-refractivity contribution in [2.75, 3.05) is 11.4 Å². The summed E-state index contributed by atoms with van der Waals surface area (Å²) < 4.78 is 2.39. The molecule has 1 aromatic heterocycles. The van der Waals surface area contributed by atoms with E-state index in [1.807, 2.05) is 4.90 Å². The van der Waals surface area contributed by atoms with E-state index in [0.717, 1.165) is 11.0 Å². The summed E-state index contributed by atoms with van der Waals surface area (Å²) in [5.74, 6) is -1.60. The molecule has 2 N–H and O–H groups in total. The van der Waals surface area contributed by atoms with E-state index in [9.17, 15) is 29.5 Å². The summed E-state index contributed by atoms with van der Waals surface area (Å²) in [5, 5.41) is 23.5. The van der Waals surface area contributed by atoms with E-state index in [-0.39, 0.29) is 6.42 Å². The molecule has 3 aromatic carbocycles. The van der Waals surface area contributed by atoms with Crippen LogP contribution in [0.25, 0.3) is 16.5 Å². The molecule has 5 rings (SSSR count). The third-order valence-corrected chi connectivity index (χ3v) is 7.31. The molecule has 1 saturated heterocycles. The van der Waals surface area contributed by atoms with Crippen molar-refractivity contribution in [3.8, 4) is 11.8 Å². The molecule has 4 aromatic rings. The fourth-order valence-corrected chi connectivity index (χ4v) is 5.35. The largest absolute Gasteiger partial charge is 0.480 e. The molecular weight excluding hydrogens is 510 g/mol. The highest BCUT2D eigenvalue weighted by molar-refractivity contribution is 5.94. The smallest absolute Gasteiger partial charge is 0.335 e. The van der Waals surface area contributed by atoms with Gasteiger partial charge in [-0.25, -0.2) is 14.2 Å². The molecule has 0 radical (unpaired) electrons. The van der Waals surface area contributed by atoms with Crippen LogP contribution < -0.4 is 21.5 Å². The number of nitriles is 1. The van der Waals surface area contributed by atoms with E-state index >= 15 is 0 Å². The summed E-state index contributed by atoms with van der Waals surface area (Å²) in [6.07, 6.45) is 2.67. The number of anilines is 1. The molecule has 10 nitrogen and oxygen atoms in total. The van der Waals surface area contributed by atoms with Crippen LogP contribution in [0, 0.1) is 11.3 Å². The molecule has 1 amide bonds. The van der Waals surface area contributed by atoms with Crippen LogP contribution in [0.3, 0.4) is 0 Å². The number of hydrogen-bond donors (Lipinski definition) is 2. The molecular formula is C30H27N5O5. The number of carboxylic acids is 1. The second-order valence-electron chi connectivity index (χ2n) is 9.76. The van der Waals surface area contributed by atoms with Crippen LogP contribution in [0.4, 0.5) is 5.69 Å². The van der Waals surface area contributed by atoms with E-state index in [1.165, 1.54) is 16.8 Å². The Morgan fingerprint density at radius 2 is 1.75 bits per heavy atom. The van der Waals surface area contributed by atoms with Gasteiger partial charge in [0.15, 0.2) is 0 Å². The molecule has 1 aliphatic rings. The fourth-order valence-electron chi connectivity index (χ4n) is 5.35. The van der Waals surface area contributed by atoms with Crippen LogP contribution in [0.1, 0.15) is 24.0 Å². The molecule has 0 bridgehead atoms. The molecule has 202 valence electrons. The van der Waals surface area contributed by atoms with Crippen LogP contribution >= 0.6 is 0 Å². The number of aryl methyl sites for hydroxylation is 1. The van der Waals surface area contributed by atoms with Gasteiger partial charge in [0.1, 0.15) is 18.2 Å². The van der Waals surface area contributed by atoms with Crippen molar-refractivity contribution in [3.05, 3.63) is 105 Å². The van der Waals surface area contributed by atoms with Crippen molar-refractivity contribution in [3.63, 3.8) is 0 Å². The number of fused-ring (bicyclic) bond motifs is 1. The average Bonchev–Trinajstić information content (AvgIpc) is 3.45. The molecule has 1 fully saturated rings. The van der Waals surface area contributed by atoms with E-state index in [1.54, 1.807) is 67.7 Å². The van der Waals surface area contributed by atoms with Crippen LogP contribution in [-0.4, -0.2) is 44.7 Å². The lowest BCUT2D eigenvalue weighted by atomic mass is 9.97. The second-order valence-corrected chi connectivity index (χ2v) is 9.76. The van der Waals surface area contributed by atoms with Gasteiger partial charge in [0, 0.05) is 37.7 Å². The SMILES string of the molecule is Cn1ccc(=O)n(-c2cccc3c(C[C@H](NC(=O)[C@@H]4CCCN4c4ccccc4C#N)C(=O)O)cccc23)c1=O. The van der Waals surface area contributed by atoms with Crippen LogP contribution in [-0.2, 0) is 23.1 Å². The number of nitrogens with zero attached hydrogens (tertiary/aromatic N) is 4. The number of carbonyl (C=O) groups is 2. The summed E-state index contributed by atoms with van der Waals surface area (Å²) in [4.78, 5) is 52.9. The van der Waals surface area contributed by atoms with E-state index in [2.05, 4.69) is 11.4 Å². The summed E-state index contributed by atoms with van der Waals surface area (Å²) in [6, 6.07) is 19.1. The number of aromatic nitrogens is 2. The number of amides is 1. The monoisotopic (exact) mass is 537 g/mol. The minimum absolute atomic E-state index is 0.00886. The number of benzene rings is 3. The molecule has 2 heterocycles. The Morgan fingerprint density at radius 3 is 2.52 bits per heavy atom. The van der Waals surface area contributed by atoms with Crippen molar-refractivity contribution in [2.24, 2.45) is 7.05 Å². The Kier molecular flexibility index (Phi) is 7.21. The summed E-state index contributed by atoms with van der Waals surface area (Å²) >= 11 is 0. The van der Waals surface area contributed by atoms with Crippen molar-refractivity contribution < 1.29 is 14.7 Å². The van der Waals surface area contributed by atoms with Gasteiger partial charge in [0.25, 0.3) is 5.56 Å². The lowest BCUT2D eigenvalue weighted by molar-refractivity contribution is -0.141. The maximum absolute atomic E-state index is 13.4. The third kappa shape index (κ3) is 4.85. The Labute approximate surface area is 229 Å². The summed E-state index contributed by atoms with van der Waals surface area (Å²) in [5.41, 5.74) is 1.16. The second kappa shape index (κ2) is 10.9. The van der Waals surface area contributed by atoms with Crippen molar-refractivity contribution in [1.29, 1.82) is 5.26 Å². The Bertz CT molecular complexity index is 1780. The summed E-state index contributed by atoms with van der Waals surface area (Å²) in [7, 11) is 1.55. The zero-order valence-corrected chi connectivity index (χ0v) is 21.8. The van der Waals surface area contributed by atoms with Crippen LogP contribution in [0.5, 0.6) is 0 Å². The Balaban J connectivity index is 1.45. The first-order valence-electron chi connectivity index (χ1n) is 12.9. The number of nitrogens with one attached hydrogen (secondary N) is 1. The number of rotatable bonds is 7. The first-order valence-corrected chi connectivity index (χ1v) is 12.9. The maximum Gasteiger partial charge on any atom is 0.335 e. The van der Waals surface area contributed by atoms with Gasteiger partial charge in [0.2, 0.25) is 5.91 Å². The summed E-state index contributed by atoms with van der Waals surface area (Å²) in [6.45, 7) is 0.582. The van der Waals surface area contributed by atoms with Gasteiger partial charge >= 0.3 is 11.7 Å². The van der Waals surface area contributed by atoms with Gasteiger partial charge in [-0.05, 0) is 42.0 Å². The zero-order valence-electron chi connectivity index (χ0n) is 21.8. The Hall–Kier alpha value is -5.17. The van der Waals surface area contributed by atoms with E-state index < -0.39 is 35.2 Å². The van der Waals surface area contributed by atoms with Crippen molar-refractivity contribution in [1.82, 2.24) is 14.5 Å². The van der Waals surface area contributed by atoms with Gasteiger partial charge in [-0.2, -0.15) is 5.26 Å². The van der Waals surface area contributed by atoms with Gasteiger partial charge in [0.05, 0.1) is 16.9 Å². The highest BCUT2D eigenvalue weighted by atomic mass is 16.4. The number of hydrogen-bond acceptors (Lipinski definition) is 6. The average molecular weight is 538 g/mol. The van der Waals surface area contributed by atoms with Crippen LogP contribution in [0.15, 0.2) is 82.5 Å².